The third kappa shape index (κ3) is 0.892. The van der Waals surface area contributed by atoms with Crippen LogP contribution in [0.2, 0.25) is 0 Å². The van der Waals surface area contributed by atoms with E-state index in [1.54, 1.807) is 0 Å². The molecule has 0 saturated carbocycles. The van der Waals surface area contributed by atoms with E-state index in [9.17, 15) is 0 Å². The molecular weight excluding hydrogens is 192 g/mol. The van der Waals surface area contributed by atoms with Gasteiger partial charge in [0, 0.05) is 0 Å². The fraction of sp³-hybridized carbons (Fsp3) is 0. The van der Waals surface area contributed by atoms with Crippen LogP contribution in [0.3, 0.4) is 0 Å². The van der Waals surface area contributed by atoms with Crippen LogP contribution in [0.15, 0.2) is 60.7 Å². The third-order valence-corrected chi connectivity index (χ3v) is 3.37. The molecular formula is C16H10. The van der Waals surface area contributed by atoms with Crippen molar-refractivity contribution < 1.29 is 0 Å². The smallest absolute Gasteiger partial charge is 0.00266 e. The van der Waals surface area contributed by atoms with Crippen LogP contribution in [0.5, 0.6) is 0 Å². The standard InChI is InChI=1S/C16H10/c1-2-5-13-10-14-7-3-6-12-9-8-11(4-1)15(13)16(12)14/h1-10H. The van der Waals surface area contributed by atoms with Crippen molar-refractivity contribution in [3.05, 3.63) is 60.7 Å². The van der Waals surface area contributed by atoms with Crippen LogP contribution >= 0.6 is 0 Å². The maximum absolute atomic E-state index is 2.28. The second-order valence-corrected chi connectivity index (χ2v) is 4.29. The first-order valence-electron chi connectivity index (χ1n) is 5.56. The lowest BCUT2D eigenvalue weighted by molar-refractivity contribution is 1.84. The van der Waals surface area contributed by atoms with E-state index in [0.29, 0.717) is 0 Å². The van der Waals surface area contributed by atoms with E-state index in [-0.39, 0.29) is 0 Å². The highest BCUT2D eigenvalue weighted by Crippen LogP contribution is 2.40. The van der Waals surface area contributed by atoms with Gasteiger partial charge in [-0.25, -0.2) is 0 Å². The van der Waals surface area contributed by atoms with Gasteiger partial charge in [-0.2, -0.15) is 0 Å². The van der Waals surface area contributed by atoms with Crippen molar-refractivity contribution in [1.82, 2.24) is 0 Å². The highest BCUT2D eigenvalue weighted by atomic mass is 14.2. The van der Waals surface area contributed by atoms with Crippen LogP contribution < -0.4 is 0 Å². The van der Waals surface area contributed by atoms with Gasteiger partial charge in [0.15, 0.2) is 0 Å². The van der Waals surface area contributed by atoms with Crippen LogP contribution in [0.25, 0.3) is 32.7 Å². The normalized spacial score (nSPS) is 11.8. The number of hydrogen-bond donors (Lipinski definition) is 0. The van der Waals surface area contributed by atoms with Crippen molar-refractivity contribution in [3.8, 4) is 11.1 Å². The lowest BCUT2D eigenvalue weighted by Gasteiger charge is -2.03. The lowest BCUT2D eigenvalue weighted by Crippen LogP contribution is -1.75. The molecule has 0 spiro atoms. The zero-order chi connectivity index (χ0) is 10.5. The summed E-state index contributed by atoms with van der Waals surface area (Å²) in [4.78, 5) is 0. The molecule has 0 nitrogen and oxygen atoms in total. The maximum atomic E-state index is 2.28. The molecule has 0 N–H and O–H groups in total. The van der Waals surface area contributed by atoms with Crippen LogP contribution in [0, 0.1) is 0 Å². The highest BCUT2D eigenvalue weighted by Gasteiger charge is 2.12. The van der Waals surface area contributed by atoms with Gasteiger partial charge in [0.25, 0.3) is 0 Å². The fourth-order valence-corrected chi connectivity index (χ4v) is 2.68. The molecule has 2 aromatic carbocycles. The Labute approximate surface area is 93.8 Å². The van der Waals surface area contributed by atoms with E-state index >= 15 is 0 Å². The average molecular weight is 202 g/mol. The minimum absolute atomic E-state index is 1.33. The van der Waals surface area contributed by atoms with E-state index in [1.165, 1.54) is 32.7 Å². The molecule has 2 aliphatic rings. The Morgan fingerprint density at radius 2 is 1.31 bits per heavy atom. The molecule has 16 heavy (non-hydrogen) atoms. The quantitative estimate of drug-likeness (QED) is 0.393. The molecule has 0 amide bonds. The van der Waals surface area contributed by atoms with Crippen LogP contribution in [0.4, 0.5) is 0 Å². The zero-order valence-electron chi connectivity index (χ0n) is 8.77. The number of rotatable bonds is 0. The molecule has 0 saturated heterocycles. The molecule has 0 fully saturated rings. The van der Waals surface area contributed by atoms with Crippen LogP contribution in [-0.4, -0.2) is 0 Å². The molecule has 0 atom stereocenters. The highest BCUT2D eigenvalue weighted by molar-refractivity contribution is 6.17. The molecule has 2 aliphatic carbocycles. The van der Waals surface area contributed by atoms with Gasteiger partial charge in [-0.05, 0) is 38.7 Å². The van der Waals surface area contributed by atoms with Crippen molar-refractivity contribution in [3.63, 3.8) is 0 Å². The Hall–Kier alpha value is -2.08. The predicted molar refractivity (Wildman–Crippen MR) is 69.3 cm³/mol. The van der Waals surface area contributed by atoms with Gasteiger partial charge >= 0.3 is 0 Å². The predicted octanol–water partition coefficient (Wildman–Crippen LogP) is 4.54. The van der Waals surface area contributed by atoms with Crippen molar-refractivity contribution in [2.75, 3.05) is 0 Å². The second-order valence-electron chi connectivity index (χ2n) is 4.29. The number of benzene rings is 2. The fourth-order valence-electron chi connectivity index (χ4n) is 2.68. The molecule has 0 radical (unpaired) electrons. The summed E-state index contributed by atoms with van der Waals surface area (Å²) in [6.45, 7) is 0. The Morgan fingerprint density at radius 1 is 0.562 bits per heavy atom. The summed E-state index contributed by atoms with van der Waals surface area (Å²) in [6.07, 6.45) is 0. The molecule has 4 rings (SSSR count). The summed E-state index contributed by atoms with van der Waals surface area (Å²) in [6, 6.07) is 21.8. The molecule has 0 bridgehead atoms. The van der Waals surface area contributed by atoms with E-state index in [4.69, 9.17) is 0 Å². The average Bonchev–Trinajstić information content (AvgIpc) is 2.56. The van der Waals surface area contributed by atoms with Crippen molar-refractivity contribution in [1.29, 1.82) is 0 Å². The largest absolute Gasteiger partial charge is 0.0616 e. The molecule has 0 aromatic heterocycles. The summed E-state index contributed by atoms with van der Waals surface area (Å²) >= 11 is 0. The van der Waals surface area contributed by atoms with Gasteiger partial charge in [-0.15, -0.1) is 0 Å². The lowest BCUT2D eigenvalue weighted by atomic mass is 10.0. The molecule has 0 aliphatic heterocycles. The van der Waals surface area contributed by atoms with E-state index in [1.807, 2.05) is 0 Å². The first-order valence-corrected chi connectivity index (χ1v) is 5.56. The van der Waals surface area contributed by atoms with Gasteiger partial charge < -0.3 is 0 Å². The molecule has 74 valence electrons. The van der Waals surface area contributed by atoms with Gasteiger partial charge in [0.1, 0.15) is 0 Å². The summed E-state index contributed by atoms with van der Waals surface area (Å²) < 4.78 is 0. The van der Waals surface area contributed by atoms with E-state index in [2.05, 4.69) is 60.7 Å². The van der Waals surface area contributed by atoms with Crippen LogP contribution in [0.1, 0.15) is 0 Å². The summed E-state index contributed by atoms with van der Waals surface area (Å²) in [5, 5.41) is 5.43. The second kappa shape index (κ2) is 2.73. The first kappa shape index (κ1) is 8.12. The van der Waals surface area contributed by atoms with Gasteiger partial charge in [0.2, 0.25) is 0 Å². The van der Waals surface area contributed by atoms with Crippen LogP contribution in [-0.2, 0) is 0 Å². The molecule has 0 heteroatoms. The maximum Gasteiger partial charge on any atom is -0.00266 e. The SMILES string of the molecule is c1ccc2ccc3cccc4cc(c1)-c2c34. The Kier molecular flexibility index (Phi) is 1.39. The minimum atomic E-state index is 1.33. The first-order chi connectivity index (χ1) is 7.93. The number of hydrogen-bond acceptors (Lipinski definition) is 0. The molecule has 0 unspecified atom stereocenters. The molecule has 2 aromatic rings. The Morgan fingerprint density at radius 3 is 2.31 bits per heavy atom. The Balaban J connectivity index is 2.43. The summed E-state index contributed by atoms with van der Waals surface area (Å²) in [5.74, 6) is 0. The van der Waals surface area contributed by atoms with Crippen molar-refractivity contribution in [2.45, 2.75) is 0 Å². The van der Waals surface area contributed by atoms with Crippen molar-refractivity contribution in [2.24, 2.45) is 0 Å². The van der Waals surface area contributed by atoms with E-state index < -0.39 is 0 Å². The zero-order valence-corrected chi connectivity index (χ0v) is 8.77. The third-order valence-electron chi connectivity index (χ3n) is 3.37. The van der Waals surface area contributed by atoms with Gasteiger partial charge in [-0.3, -0.25) is 0 Å². The topological polar surface area (TPSA) is 0 Å². The van der Waals surface area contributed by atoms with E-state index in [0.717, 1.165) is 0 Å². The van der Waals surface area contributed by atoms with Gasteiger partial charge in [-0.1, -0.05) is 54.6 Å². The molecule has 0 heterocycles. The monoisotopic (exact) mass is 202 g/mol. The van der Waals surface area contributed by atoms with Crippen molar-refractivity contribution >= 4 is 21.5 Å². The van der Waals surface area contributed by atoms with Gasteiger partial charge in [0.05, 0.1) is 0 Å². The summed E-state index contributed by atoms with van der Waals surface area (Å²) in [5.41, 5.74) is 2.74. The summed E-state index contributed by atoms with van der Waals surface area (Å²) in [7, 11) is 0. The Bertz CT molecular complexity index is 752. The minimum Gasteiger partial charge on any atom is -0.0616 e.